The standard InChI is InChI=1S/C18H20N2OS/c1-12-3-6-14(7-4-12)11-19-20-18(21)17-10-15-9-13(2)5-8-16(15)22-17/h3-4,6-7,10-11,13H,5,8-9H2,1-2H3,(H,20,21)/b19-11-/t13-/m1/s1. The van der Waals surface area contributed by atoms with E-state index in [2.05, 4.69) is 17.5 Å². The van der Waals surface area contributed by atoms with Crippen LogP contribution in [-0.4, -0.2) is 12.1 Å². The van der Waals surface area contributed by atoms with Crippen LogP contribution in [0.15, 0.2) is 35.4 Å². The Morgan fingerprint density at radius 1 is 1.36 bits per heavy atom. The first-order chi connectivity index (χ1) is 10.6. The zero-order valence-electron chi connectivity index (χ0n) is 12.9. The van der Waals surface area contributed by atoms with E-state index >= 15 is 0 Å². The van der Waals surface area contributed by atoms with Crippen molar-refractivity contribution >= 4 is 23.5 Å². The van der Waals surface area contributed by atoms with Crippen molar-refractivity contribution in [3.05, 3.63) is 56.8 Å². The molecule has 3 rings (SSSR count). The van der Waals surface area contributed by atoms with Crippen LogP contribution in [-0.2, 0) is 12.8 Å². The summed E-state index contributed by atoms with van der Waals surface area (Å²) < 4.78 is 0. The number of nitrogens with one attached hydrogen (secondary N) is 1. The van der Waals surface area contributed by atoms with Crippen LogP contribution < -0.4 is 5.43 Å². The third kappa shape index (κ3) is 3.45. The molecule has 2 aromatic rings. The largest absolute Gasteiger partial charge is 0.281 e. The van der Waals surface area contributed by atoms with E-state index in [0.29, 0.717) is 0 Å². The molecule has 1 aliphatic carbocycles. The van der Waals surface area contributed by atoms with Crippen molar-refractivity contribution in [2.24, 2.45) is 11.0 Å². The number of hydrazone groups is 1. The molecule has 1 aromatic heterocycles. The Hall–Kier alpha value is -1.94. The highest BCUT2D eigenvalue weighted by Gasteiger charge is 2.20. The van der Waals surface area contributed by atoms with Gasteiger partial charge in [-0.25, -0.2) is 5.43 Å². The highest BCUT2D eigenvalue weighted by atomic mass is 32.1. The zero-order valence-corrected chi connectivity index (χ0v) is 13.7. The van der Waals surface area contributed by atoms with Crippen molar-refractivity contribution in [3.8, 4) is 0 Å². The number of carbonyl (C=O) groups excluding carboxylic acids is 1. The van der Waals surface area contributed by atoms with Crippen LogP contribution in [0.5, 0.6) is 0 Å². The zero-order chi connectivity index (χ0) is 15.5. The predicted octanol–water partition coefficient (Wildman–Crippen LogP) is 3.95. The number of rotatable bonds is 3. The van der Waals surface area contributed by atoms with Crippen molar-refractivity contribution in [3.63, 3.8) is 0 Å². The first kappa shape index (κ1) is 15.0. The lowest BCUT2D eigenvalue weighted by molar-refractivity contribution is 0.0959. The van der Waals surface area contributed by atoms with Crippen molar-refractivity contribution in [2.45, 2.75) is 33.1 Å². The fourth-order valence-electron chi connectivity index (χ4n) is 2.69. The topological polar surface area (TPSA) is 41.5 Å². The fraction of sp³-hybridized carbons (Fsp3) is 0.333. The summed E-state index contributed by atoms with van der Waals surface area (Å²) in [5.74, 6) is 0.605. The van der Waals surface area contributed by atoms with E-state index in [1.807, 2.05) is 37.3 Å². The van der Waals surface area contributed by atoms with Crippen LogP contribution in [0.2, 0.25) is 0 Å². The highest BCUT2D eigenvalue weighted by Crippen LogP contribution is 2.32. The summed E-state index contributed by atoms with van der Waals surface area (Å²) in [7, 11) is 0. The van der Waals surface area contributed by atoms with Gasteiger partial charge in [0.25, 0.3) is 5.91 Å². The van der Waals surface area contributed by atoms with Gasteiger partial charge in [0.1, 0.15) is 0 Å². The summed E-state index contributed by atoms with van der Waals surface area (Å²) in [6.07, 6.45) is 5.08. The minimum atomic E-state index is -0.115. The van der Waals surface area contributed by atoms with Gasteiger partial charge < -0.3 is 0 Å². The molecule has 1 N–H and O–H groups in total. The van der Waals surface area contributed by atoms with Gasteiger partial charge >= 0.3 is 0 Å². The van der Waals surface area contributed by atoms with E-state index in [9.17, 15) is 4.79 Å². The molecule has 1 aromatic carbocycles. The van der Waals surface area contributed by atoms with Gasteiger partial charge in [0.05, 0.1) is 11.1 Å². The number of carbonyl (C=O) groups is 1. The second-order valence-corrected chi connectivity index (χ2v) is 7.15. The molecule has 1 amide bonds. The molecule has 22 heavy (non-hydrogen) atoms. The molecule has 0 unspecified atom stereocenters. The van der Waals surface area contributed by atoms with Crippen LogP contribution in [0.4, 0.5) is 0 Å². The summed E-state index contributed by atoms with van der Waals surface area (Å²) in [6, 6.07) is 10.0. The Morgan fingerprint density at radius 2 is 2.14 bits per heavy atom. The van der Waals surface area contributed by atoms with Gasteiger partial charge in [-0.2, -0.15) is 5.10 Å². The van der Waals surface area contributed by atoms with Gasteiger partial charge in [-0.15, -0.1) is 11.3 Å². The summed E-state index contributed by atoms with van der Waals surface area (Å²) in [4.78, 5) is 14.3. The molecule has 4 heteroatoms. The molecule has 0 saturated carbocycles. The number of amides is 1. The first-order valence-electron chi connectivity index (χ1n) is 7.63. The average Bonchev–Trinajstić information content (AvgIpc) is 2.92. The number of benzene rings is 1. The molecular formula is C18H20N2OS. The summed E-state index contributed by atoms with van der Waals surface area (Å²) in [5, 5.41) is 4.05. The van der Waals surface area contributed by atoms with E-state index in [0.717, 1.165) is 29.2 Å². The number of hydrogen-bond acceptors (Lipinski definition) is 3. The average molecular weight is 312 g/mol. The maximum absolute atomic E-state index is 12.2. The van der Waals surface area contributed by atoms with Crippen LogP contribution >= 0.6 is 11.3 Å². The van der Waals surface area contributed by atoms with Gasteiger partial charge in [0, 0.05) is 4.88 Å². The van der Waals surface area contributed by atoms with Crippen molar-refractivity contribution in [2.75, 3.05) is 0 Å². The van der Waals surface area contributed by atoms with Crippen molar-refractivity contribution in [1.82, 2.24) is 5.43 Å². The lowest BCUT2D eigenvalue weighted by atomic mass is 9.90. The molecule has 0 spiro atoms. The smallest absolute Gasteiger partial charge is 0.266 e. The van der Waals surface area contributed by atoms with E-state index in [-0.39, 0.29) is 5.91 Å². The van der Waals surface area contributed by atoms with E-state index < -0.39 is 0 Å². The van der Waals surface area contributed by atoms with Crippen LogP contribution in [0.25, 0.3) is 0 Å². The number of fused-ring (bicyclic) bond motifs is 1. The number of thiophene rings is 1. The van der Waals surface area contributed by atoms with E-state index in [4.69, 9.17) is 0 Å². The normalized spacial score (nSPS) is 17.5. The third-order valence-electron chi connectivity index (χ3n) is 4.01. The fourth-order valence-corrected chi connectivity index (χ4v) is 3.79. The minimum absolute atomic E-state index is 0.115. The van der Waals surface area contributed by atoms with Crippen molar-refractivity contribution in [1.29, 1.82) is 0 Å². The Bertz CT molecular complexity index is 700. The van der Waals surface area contributed by atoms with Crippen molar-refractivity contribution < 1.29 is 4.79 Å². The Labute approximate surface area is 135 Å². The molecule has 0 bridgehead atoms. The quantitative estimate of drug-likeness (QED) is 0.677. The van der Waals surface area contributed by atoms with Crippen LogP contribution in [0, 0.1) is 12.8 Å². The SMILES string of the molecule is Cc1ccc(/C=N\NC(=O)c2cc3c(s2)CC[C@@H](C)C3)cc1. The molecule has 1 atom stereocenters. The molecule has 0 fully saturated rings. The Morgan fingerprint density at radius 3 is 2.91 bits per heavy atom. The van der Waals surface area contributed by atoms with Crippen LogP contribution in [0.1, 0.15) is 44.6 Å². The third-order valence-corrected chi connectivity index (χ3v) is 5.25. The van der Waals surface area contributed by atoms with Crippen LogP contribution in [0.3, 0.4) is 0 Å². The summed E-state index contributed by atoms with van der Waals surface area (Å²) in [5.41, 5.74) is 6.15. The maximum Gasteiger partial charge on any atom is 0.281 e. The molecule has 0 radical (unpaired) electrons. The lowest BCUT2D eigenvalue weighted by Gasteiger charge is -2.16. The molecular weight excluding hydrogens is 292 g/mol. The predicted molar refractivity (Wildman–Crippen MR) is 91.7 cm³/mol. The minimum Gasteiger partial charge on any atom is -0.266 e. The molecule has 0 aliphatic heterocycles. The summed E-state index contributed by atoms with van der Waals surface area (Å²) in [6.45, 7) is 4.31. The second kappa shape index (κ2) is 6.44. The van der Waals surface area contributed by atoms with Gasteiger partial charge in [-0.1, -0.05) is 36.8 Å². The molecule has 1 heterocycles. The van der Waals surface area contributed by atoms with Gasteiger partial charge in [-0.3, -0.25) is 4.79 Å². The summed E-state index contributed by atoms with van der Waals surface area (Å²) >= 11 is 1.61. The van der Waals surface area contributed by atoms with Gasteiger partial charge in [0.15, 0.2) is 0 Å². The number of hydrogen-bond donors (Lipinski definition) is 1. The van der Waals surface area contributed by atoms with Gasteiger partial charge in [-0.05, 0) is 49.3 Å². The Kier molecular flexibility index (Phi) is 4.39. The van der Waals surface area contributed by atoms with E-state index in [1.165, 1.54) is 22.4 Å². The Balaban J connectivity index is 1.64. The molecule has 0 saturated heterocycles. The van der Waals surface area contributed by atoms with Gasteiger partial charge in [0.2, 0.25) is 0 Å². The number of nitrogens with zero attached hydrogens (tertiary/aromatic N) is 1. The lowest BCUT2D eigenvalue weighted by Crippen LogP contribution is -2.16. The van der Waals surface area contributed by atoms with E-state index in [1.54, 1.807) is 17.6 Å². The second-order valence-electron chi connectivity index (χ2n) is 6.02. The molecule has 1 aliphatic rings. The molecule has 114 valence electrons. The maximum atomic E-state index is 12.2. The monoisotopic (exact) mass is 312 g/mol. The molecule has 3 nitrogen and oxygen atoms in total. The highest BCUT2D eigenvalue weighted by molar-refractivity contribution is 7.14. The first-order valence-corrected chi connectivity index (χ1v) is 8.45. The number of aryl methyl sites for hydroxylation is 2.